The SMILES string of the molecule is CC1(C)CCC(Cn2ccc3cccc([N+](=O)[O-])c32)O1. The molecular formula is C15H18N2O3. The van der Waals surface area contributed by atoms with Crippen LogP contribution in [0.1, 0.15) is 26.7 Å². The van der Waals surface area contributed by atoms with E-state index in [1.165, 1.54) is 0 Å². The van der Waals surface area contributed by atoms with Crippen molar-refractivity contribution >= 4 is 16.6 Å². The Hall–Kier alpha value is -1.88. The Morgan fingerprint density at radius 3 is 2.90 bits per heavy atom. The number of aromatic nitrogens is 1. The summed E-state index contributed by atoms with van der Waals surface area (Å²) >= 11 is 0. The molecule has 20 heavy (non-hydrogen) atoms. The van der Waals surface area contributed by atoms with Crippen molar-refractivity contribution in [2.45, 2.75) is 44.9 Å². The number of benzene rings is 1. The Balaban J connectivity index is 1.94. The molecule has 5 nitrogen and oxygen atoms in total. The van der Waals surface area contributed by atoms with Crippen LogP contribution in [-0.4, -0.2) is 21.2 Å². The lowest BCUT2D eigenvalue weighted by molar-refractivity contribution is -0.383. The molecule has 2 heterocycles. The number of fused-ring (bicyclic) bond motifs is 1. The molecule has 0 radical (unpaired) electrons. The van der Waals surface area contributed by atoms with Gasteiger partial charge in [-0.3, -0.25) is 10.1 Å². The number of non-ortho nitro benzene ring substituents is 1. The molecule has 0 aliphatic carbocycles. The van der Waals surface area contributed by atoms with Gasteiger partial charge < -0.3 is 9.30 Å². The zero-order valence-corrected chi connectivity index (χ0v) is 11.7. The lowest BCUT2D eigenvalue weighted by Crippen LogP contribution is -2.22. The van der Waals surface area contributed by atoms with Crippen LogP contribution in [0.2, 0.25) is 0 Å². The van der Waals surface area contributed by atoms with Crippen molar-refractivity contribution in [3.8, 4) is 0 Å². The van der Waals surface area contributed by atoms with E-state index in [9.17, 15) is 10.1 Å². The lowest BCUT2D eigenvalue weighted by atomic mass is 10.1. The van der Waals surface area contributed by atoms with Gasteiger partial charge in [-0.25, -0.2) is 0 Å². The maximum absolute atomic E-state index is 11.2. The average Bonchev–Trinajstić information content (AvgIpc) is 2.93. The van der Waals surface area contributed by atoms with Crippen molar-refractivity contribution in [3.63, 3.8) is 0 Å². The Morgan fingerprint density at radius 2 is 2.25 bits per heavy atom. The Labute approximate surface area is 117 Å². The molecule has 0 spiro atoms. The van der Waals surface area contributed by atoms with Gasteiger partial charge in [0.15, 0.2) is 0 Å². The third-order valence-electron chi connectivity index (χ3n) is 3.92. The zero-order chi connectivity index (χ0) is 14.3. The fourth-order valence-electron chi connectivity index (χ4n) is 2.97. The minimum atomic E-state index is -0.321. The van der Waals surface area contributed by atoms with Crippen molar-refractivity contribution in [2.75, 3.05) is 0 Å². The van der Waals surface area contributed by atoms with Gasteiger partial charge in [0.05, 0.1) is 16.6 Å². The lowest BCUT2D eigenvalue weighted by Gasteiger charge is -2.19. The second-order valence-corrected chi connectivity index (χ2v) is 5.98. The van der Waals surface area contributed by atoms with Crippen LogP contribution in [0.15, 0.2) is 30.5 Å². The van der Waals surface area contributed by atoms with Gasteiger partial charge in [-0.05, 0) is 32.8 Å². The Kier molecular flexibility index (Phi) is 3.01. The van der Waals surface area contributed by atoms with E-state index in [0.717, 1.165) is 18.2 Å². The van der Waals surface area contributed by atoms with Crippen LogP contribution in [0.25, 0.3) is 10.9 Å². The molecule has 106 valence electrons. The van der Waals surface area contributed by atoms with Crippen molar-refractivity contribution in [1.29, 1.82) is 0 Å². The normalized spacial score (nSPS) is 21.4. The number of para-hydroxylation sites is 1. The summed E-state index contributed by atoms with van der Waals surface area (Å²) in [5.41, 5.74) is 0.759. The van der Waals surface area contributed by atoms with E-state index < -0.39 is 0 Å². The smallest absolute Gasteiger partial charge is 0.293 e. The second kappa shape index (κ2) is 4.59. The van der Waals surface area contributed by atoms with Crippen molar-refractivity contribution in [2.24, 2.45) is 0 Å². The predicted molar refractivity (Wildman–Crippen MR) is 76.8 cm³/mol. The number of hydrogen-bond acceptors (Lipinski definition) is 3. The van der Waals surface area contributed by atoms with Gasteiger partial charge >= 0.3 is 0 Å². The summed E-state index contributed by atoms with van der Waals surface area (Å²) in [6.07, 6.45) is 4.05. The fourth-order valence-corrected chi connectivity index (χ4v) is 2.97. The highest BCUT2D eigenvalue weighted by Gasteiger charge is 2.32. The van der Waals surface area contributed by atoms with Gasteiger partial charge in [0.1, 0.15) is 5.52 Å². The molecule has 1 fully saturated rings. The molecule has 1 unspecified atom stereocenters. The van der Waals surface area contributed by atoms with Gasteiger partial charge in [-0.15, -0.1) is 0 Å². The Morgan fingerprint density at radius 1 is 1.45 bits per heavy atom. The van der Waals surface area contributed by atoms with E-state index in [0.29, 0.717) is 12.1 Å². The van der Waals surface area contributed by atoms with Crippen LogP contribution in [0.3, 0.4) is 0 Å². The molecule has 0 bridgehead atoms. The van der Waals surface area contributed by atoms with E-state index >= 15 is 0 Å². The van der Waals surface area contributed by atoms with E-state index in [-0.39, 0.29) is 22.3 Å². The monoisotopic (exact) mass is 274 g/mol. The average molecular weight is 274 g/mol. The third kappa shape index (κ3) is 2.29. The number of ether oxygens (including phenoxy) is 1. The summed E-state index contributed by atoms with van der Waals surface area (Å²) in [6, 6.07) is 7.10. The number of rotatable bonds is 3. The maximum atomic E-state index is 11.2. The van der Waals surface area contributed by atoms with Crippen LogP contribution >= 0.6 is 0 Å². The maximum Gasteiger partial charge on any atom is 0.293 e. The summed E-state index contributed by atoms with van der Waals surface area (Å²) in [5, 5.41) is 12.1. The van der Waals surface area contributed by atoms with Crippen molar-refractivity contribution in [1.82, 2.24) is 4.57 Å². The standard InChI is InChI=1S/C15H18N2O3/c1-15(2)8-6-12(20-15)10-16-9-7-11-4-3-5-13(14(11)16)17(18)19/h3-5,7,9,12H,6,8,10H2,1-2H3. The summed E-state index contributed by atoms with van der Waals surface area (Å²) in [7, 11) is 0. The molecule has 1 aliphatic rings. The van der Waals surface area contributed by atoms with Crippen LogP contribution in [0.5, 0.6) is 0 Å². The van der Waals surface area contributed by atoms with Gasteiger partial charge in [0.25, 0.3) is 5.69 Å². The van der Waals surface area contributed by atoms with Crippen LogP contribution < -0.4 is 0 Å². The molecule has 0 N–H and O–H groups in total. The zero-order valence-electron chi connectivity index (χ0n) is 11.7. The Bertz CT molecular complexity index is 660. The quantitative estimate of drug-likeness (QED) is 0.635. The molecule has 1 aliphatic heterocycles. The highest BCUT2D eigenvalue weighted by atomic mass is 16.6. The minimum Gasteiger partial charge on any atom is -0.370 e. The van der Waals surface area contributed by atoms with E-state index in [2.05, 4.69) is 13.8 Å². The first-order valence-electron chi connectivity index (χ1n) is 6.86. The van der Waals surface area contributed by atoms with E-state index in [4.69, 9.17) is 4.74 Å². The number of nitrogens with zero attached hydrogens (tertiary/aromatic N) is 2. The molecule has 0 amide bonds. The molecule has 2 aromatic rings. The van der Waals surface area contributed by atoms with Crippen LogP contribution in [0, 0.1) is 10.1 Å². The molecule has 1 atom stereocenters. The fraction of sp³-hybridized carbons (Fsp3) is 0.467. The van der Waals surface area contributed by atoms with Crippen LogP contribution in [0.4, 0.5) is 5.69 Å². The largest absolute Gasteiger partial charge is 0.370 e. The summed E-state index contributed by atoms with van der Waals surface area (Å²) in [4.78, 5) is 10.8. The van der Waals surface area contributed by atoms with Crippen molar-refractivity contribution in [3.05, 3.63) is 40.6 Å². The third-order valence-corrected chi connectivity index (χ3v) is 3.92. The van der Waals surface area contributed by atoms with E-state index in [1.54, 1.807) is 12.1 Å². The van der Waals surface area contributed by atoms with Gasteiger partial charge in [-0.2, -0.15) is 0 Å². The summed E-state index contributed by atoms with van der Waals surface area (Å²) in [5.74, 6) is 0. The van der Waals surface area contributed by atoms with Gasteiger partial charge in [-0.1, -0.05) is 12.1 Å². The first kappa shape index (κ1) is 13.1. The molecule has 3 rings (SSSR count). The van der Waals surface area contributed by atoms with Gasteiger partial charge in [0.2, 0.25) is 0 Å². The van der Waals surface area contributed by atoms with E-state index in [1.807, 2.05) is 22.9 Å². The summed E-state index contributed by atoms with van der Waals surface area (Å²) in [6.45, 7) is 4.84. The minimum absolute atomic E-state index is 0.0838. The number of hydrogen-bond donors (Lipinski definition) is 0. The highest BCUT2D eigenvalue weighted by Crippen LogP contribution is 2.32. The molecule has 5 heteroatoms. The predicted octanol–water partition coefficient (Wildman–Crippen LogP) is 3.51. The second-order valence-electron chi connectivity index (χ2n) is 5.98. The first-order chi connectivity index (χ1) is 9.46. The molecule has 1 aromatic heterocycles. The molecule has 1 aromatic carbocycles. The first-order valence-corrected chi connectivity index (χ1v) is 6.86. The van der Waals surface area contributed by atoms with Crippen molar-refractivity contribution < 1.29 is 9.66 Å². The molecule has 1 saturated heterocycles. The number of nitro groups is 1. The van der Waals surface area contributed by atoms with Gasteiger partial charge in [0, 0.05) is 24.2 Å². The highest BCUT2D eigenvalue weighted by molar-refractivity contribution is 5.88. The molecule has 0 saturated carbocycles. The van der Waals surface area contributed by atoms with Crippen LogP contribution in [-0.2, 0) is 11.3 Å². The number of nitro benzene ring substituents is 1. The summed E-state index contributed by atoms with van der Waals surface area (Å²) < 4.78 is 7.92. The topological polar surface area (TPSA) is 57.3 Å². The molecular weight excluding hydrogens is 256 g/mol.